The summed E-state index contributed by atoms with van der Waals surface area (Å²) >= 11 is 0. The van der Waals surface area contributed by atoms with Crippen LogP contribution in [-0.4, -0.2) is 5.78 Å². The van der Waals surface area contributed by atoms with Gasteiger partial charge >= 0.3 is 0 Å². The SMILES string of the molecule is CC(=O)C1CC2=C(CCCC2)C1. The molecule has 2 rings (SSSR count). The Balaban J connectivity index is 2.07. The van der Waals surface area contributed by atoms with E-state index in [9.17, 15) is 4.79 Å². The van der Waals surface area contributed by atoms with Crippen LogP contribution < -0.4 is 0 Å². The minimum Gasteiger partial charge on any atom is -0.300 e. The number of ketones is 1. The van der Waals surface area contributed by atoms with Crippen molar-refractivity contribution in [2.45, 2.75) is 45.4 Å². The Morgan fingerprint density at radius 3 is 2.08 bits per heavy atom. The van der Waals surface area contributed by atoms with Crippen molar-refractivity contribution < 1.29 is 4.79 Å². The second-order valence-electron chi connectivity index (χ2n) is 4.13. The lowest BCUT2D eigenvalue weighted by atomic mass is 9.94. The highest BCUT2D eigenvalue weighted by Crippen LogP contribution is 2.40. The molecule has 0 aliphatic heterocycles. The van der Waals surface area contributed by atoms with Gasteiger partial charge in [0.1, 0.15) is 5.78 Å². The zero-order chi connectivity index (χ0) is 8.55. The largest absolute Gasteiger partial charge is 0.300 e. The molecule has 0 heterocycles. The van der Waals surface area contributed by atoms with E-state index >= 15 is 0 Å². The molecule has 0 fully saturated rings. The molecule has 0 radical (unpaired) electrons. The van der Waals surface area contributed by atoms with Gasteiger partial charge in [-0.2, -0.15) is 0 Å². The summed E-state index contributed by atoms with van der Waals surface area (Å²) in [7, 11) is 0. The molecule has 0 saturated heterocycles. The molecule has 0 bridgehead atoms. The Bertz CT molecular complexity index is 219. The van der Waals surface area contributed by atoms with E-state index in [1.165, 1.54) is 25.7 Å². The van der Waals surface area contributed by atoms with Gasteiger partial charge in [0, 0.05) is 5.92 Å². The zero-order valence-corrected chi connectivity index (χ0v) is 7.73. The Hall–Kier alpha value is -0.590. The molecule has 0 amide bonds. The smallest absolute Gasteiger partial charge is 0.133 e. The summed E-state index contributed by atoms with van der Waals surface area (Å²) in [5, 5.41) is 0. The Morgan fingerprint density at radius 1 is 1.17 bits per heavy atom. The van der Waals surface area contributed by atoms with Gasteiger partial charge in [0.25, 0.3) is 0 Å². The van der Waals surface area contributed by atoms with Gasteiger partial charge in [-0.3, -0.25) is 4.79 Å². The van der Waals surface area contributed by atoms with Gasteiger partial charge in [0.2, 0.25) is 0 Å². The van der Waals surface area contributed by atoms with Crippen molar-refractivity contribution in [2.24, 2.45) is 5.92 Å². The van der Waals surface area contributed by atoms with Crippen LogP contribution in [0.25, 0.3) is 0 Å². The number of hydrogen-bond acceptors (Lipinski definition) is 1. The van der Waals surface area contributed by atoms with Gasteiger partial charge in [-0.25, -0.2) is 0 Å². The first-order chi connectivity index (χ1) is 5.77. The average molecular weight is 164 g/mol. The lowest BCUT2D eigenvalue weighted by molar-refractivity contribution is -0.120. The van der Waals surface area contributed by atoms with Gasteiger partial charge in [0.05, 0.1) is 0 Å². The first-order valence-electron chi connectivity index (χ1n) is 4.97. The molecule has 0 aromatic carbocycles. The van der Waals surface area contributed by atoms with E-state index in [0.29, 0.717) is 11.7 Å². The number of allylic oxidation sites excluding steroid dienone is 2. The van der Waals surface area contributed by atoms with E-state index in [1.54, 1.807) is 18.1 Å². The average Bonchev–Trinajstić information content (AvgIpc) is 2.46. The van der Waals surface area contributed by atoms with Gasteiger partial charge < -0.3 is 0 Å². The predicted octanol–water partition coefficient (Wildman–Crippen LogP) is 2.86. The third kappa shape index (κ3) is 1.33. The van der Waals surface area contributed by atoms with E-state index < -0.39 is 0 Å². The third-order valence-electron chi connectivity index (χ3n) is 3.27. The van der Waals surface area contributed by atoms with Gasteiger partial charge in [0.15, 0.2) is 0 Å². The number of rotatable bonds is 1. The molecule has 1 heteroatoms. The van der Waals surface area contributed by atoms with E-state index in [-0.39, 0.29) is 0 Å². The molecule has 0 aromatic rings. The van der Waals surface area contributed by atoms with Gasteiger partial charge in [-0.15, -0.1) is 0 Å². The van der Waals surface area contributed by atoms with Crippen LogP contribution in [0, 0.1) is 5.92 Å². The monoisotopic (exact) mass is 164 g/mol. The standard InChI is InChI=1S/C11H16O/c1-8(12)11-6-9-4-2-3-5-10(9)7-11/h11H,2-7H2,1H3. The highest BCUT2D eigenvalue weighted by Gasteiger charge is 2.27. The number of Topliss-reactive ketones (excluding diaryl/α,β-unsaturated/α-hetero) is 1. The first-order valence-corrected chi connectivity index (χ1v) is 4.97. The van der Waals surface area contributed by atoms with E-state index in [2.05, 4.69) is 0 Å². The van der Waals surface area contributed by atoms with Crippen LogP contribution in [-0.2, 0) is 4.79 Å². The highest BCUT2D eigenvalue weighted by atomic mass is 16.1. The maximum absolute atomic E-state index is 11.2. The molecule has 0 spiro atoms. The number of carbonyl (C=O) groups is 1. The van der Waals surface area contributed by atoms with E-state index in [4.69, 9.17) is 0 Å². The van der Waals surface area contributed by atoms with Crippen molar-refractivity contribution in [3.05, 3.63) is 11.1 Å². The minimum absolute atomic E-state index is 0.355. The number of carbonyl (C=O) groups excluding carboxylic acids is 1. The molecule has 12 heavy (non-hydrogen) atoms. The summed E-state index contributed by atoms with van der Waals surface area (Å²) < 4.78 is 0. The fourth-order valence-corrected chi connectivity index (χ4v) is 2.48. The normalized spacial score (nSPS) is 24.4. The van der Waals surface area contributed by atoms with Crippen LogP contribution in [0.2, 0.25) is 0 Å². The Labute approximate surface area is 73.8 Å². The van der Waals surface area contributed by atoms with E-state index in [1.807, 2.05) is 0 Å². The molecule has 0 saturated carbocycles. The maximum Gasteiger partial charge on any atom is 0.133 e. The third-order valence-corrected chi connectivity index (χ3v) is 3.27. The van der Waals surface area contributed by atoms with Crippen molar-refractivity contribution in [3.63, 3.8) is 0 Å². The van der Waals surface area contributed by atoms with Crippen LogP contribution in [0.15, 0.2) is 11.1 Å². The van der Waals surface area contributed by atoms with Crippen LogP contribution >= 0.6 is 0 Å². The molecule has 1 nitrogen and oxygen atoms in total. The second-order valence-corrected chi connectivity index (χ2v) is 4.13. The van der Waals surface area contributed by atoms with Gasteiger partial charge in [-0.05, 0) is 45.4 Å². The summed E-state index contributed by atoms with van der Waals surface area (Å²) in [4.78, 5) is 11.2. The summed E-state index contributed by atoms with van der Waals surface area (Å²) in [6.07, 6.45) is 7.43. The molecule has 2 aliphatic rings. The first kappa shape index (κ1) is 8.03. The molecule has 66 valence electrons. The topological polar surface area (TPSA) is 17.1 Å². The van der Waals surface area contributed by atoms with Crippen molar-refractivity contribution in [1.82, 2.24) is 0 Å². The second kappa shape index (κ2) is 3.04. The van der Waals surface area contributed by atoms with Crippen molar-refractivity contribution >= 4 is 5.78 Å². The Morgan fingerprint density at radius 2 is 1.67 bits per heavy atom. The lowest BCUT2D eigenvalue weighted by Crippen LogP contribution is -2.06. The summed E-state index contributed by atoms with van der Waals surface area (Å²) in [6.45, 7) is 1.74. The minimum atomic E-state index is 0.355. The molecular weight excluding hydrogens is 148 g/mol. The predicted molar refractivity (Wildman–Crippen MR) is 48.9 cm³/mol. The van der Waals surface area contributed by atoms with Crippen LogP contribution in [0.3, 0.4) is 0 Å². The molecule has 2 aliphatic carbocycles. The molecule has 0 aromatic heterocycles. The zero-order valence-electron chi connectivity index (χ0n) is 7.73. The van der Waals surface area contributed by atoms with Crippen LogP contribution in [0.4, 0.5) is 0 Å². The van der Waals surface area contributed by atoms with Crippen LogP contribution in [0.5, 0.6) is 0 Å². The molecule has 0 N–H and O–H groups in total. The molecule has 0 unspecified atom stereocenters. The molecule has 0 atom stereocenters. The lowest BCUT2D eigenvalue weighted by Gasteiger charge is -2.12. The fourth-order valence-electron chi connectivity index (χ4n) is 2.48. The summed E-state index contributed by atoms with van der Waals surface area (Å²) in [5.74, 6) is 0.748. The van der Waals surface area contributed by atoms with Crippen molar-refractivity contribution in [3.8, 4) is 0 Å². The van der Waals surface area contributed by atoms with E-state index in [0.717, 1.165) is 12.8 Å². The molecular formula is C11H16O. The summed E-state index contributed by atoms with van der Waals surface area (Å²) in [5.41, 5.74) is 3.25. The van der Waals surface area contributed by atoms with Gasteiger partial charge in [-0.1, -0.05) is 11.1 Å². The van der Waals surface area contributed by atoms with Crippen molar-refractivity contribution in [2.75, 3.05) is 0 Å². The maximum atomic E-state index is 11.2. The fraction of sp³-hybridized carbons (Fsp3) is 0.727. The van der Waals surface area contributed by atoms with Crippen LogP contribution in [0.1, 0.15) is 45.4 Å². The van der Waals surface area contributed by atoms with Crippen molar-refractivity contribution in [1.29, 1.82) is 0 Å². The quantitative estimate of drug-likeness (QED) is 0.545. The summed E-state index contributed by atoms with van der Waals surface area (Å²) in [6, 6.07) is 0. The number of hydrogen-bond donors (Lipinski definition) is 0. The Kier molecular flexibility index (Phi) is 2.03. The highest BCUT2D eigenvalue weighted by molar-refractivity contribution is 5.79.